The lowest BCUT2D eigenvalue weighted by atomic mass is 10.0. The van der Waals surface area contributed by atoms with Gasteiger partial charge in [-0.25, -0.2) is 12.8 Å². The second-order valence-corrected chi connectivity index (χ2v) is 7.83. The first-order valence-corrected chi connectivity index (χ1v) is 9.48. The summed E-state index contributed by atoms with van der Waals surface area (Å²) in [7, 11) is -3.67. The summed E-state index contributed by atoms with van der Waals surface area (Å²) in [6, 6.07) is 5.89. The highest BCUT2D eigenvalue weighted by Crippen LogP contribution is 2.20. The van der Waals surface area contributed by atoms with Gasteiger partial charge in [-0.3, -0.25) is 4.79 Å². The van der Waals surface area contributed by atoms with E-state index in [1.807, 2.05) is 6.92 Å². The highest BCUT2D eigenvalue weighted by Gasteiger charge is 2.29. The molecule has 2 rings (SSSR count). The lowest BCUT2D eigenvalue weighted by molar-refractivity contribution is -0.132. The number of likely N-dealkylation sites (tertiary alicyclic amines) is 1. The summed E-state index contributed by atoms with van der Waals surface area (Å²) in [5.41, 5.74) is 0.112. The van der Waals surface area contributed by atoms with Crippen molar-refractivity contribution >= 4 is 15.7 Å². The van der Waals surface area contributed by atoms with Gasteiger partial charge < -0.3 is 4.90 Å². The van der Waals surface area contributed by atoms with E-state index in [1.54, 1.807) is 11.0 Å². The molecule has 4 nitrogen and oxygen atoms in total. The normalized spacial score (nSPS) is 19.2. The molecule has 1 heterocycles. The van der Waals surface area contributed by atoms with Crippen LogP contribution in [0.4, 0.5) is 4.39 Å². The Labute approximate surface area is 131 Å². The Morgan fingerprint density at radius 2 is 2.05 bits per heavy atom. The van der Waals surface area contributed by atoms with Gasteiger partial charge in [-0.1, -0.05) is 25.1 Å². The number of amides is 1. The zero-order chi connectivity index (χ0) is 16.2. The quantitative estimate of drug-likeness (QED) is 0.835. The number of carbonyl (C=O) groups is 1. The Balaban J connectivity index is 2.05. The monoisotopic (exact) mass is 327 g/mol. The number of piperidine rings is 1. The summed E-state index contributed by atoms with van der Waals surface area (Å²) in [5.74, 6) is -1.89. The molecule has 0 saturated carbocycles. The summed E-state index contributed by atoms with van der Waals surface area (Å²) in [6.45, 7) is 2.62. The average molecular weight is 327 g/mol. The van der Waals surface area contributed by atoms with Gasteiger partial charge in [0.1, 0.15) is 11.6 Å². The maximum Gasteiger partial charge on any atom is 0.238 e. The third-order valence-corrected chi connectivity index (χ3v) is 5.53. The van der Waals surface area contributed by atoms with E-state index in [-0.39, 0.29) is 17.5 Å². The Hall–Kier alpha value is -1.43. The van der Waals surface area contributed by atoms with E-state index in [4.69, 9.17) is 0 Å². The summed E-state index contributed by atoms with van der Waals surface area (Å²) in [5, 5.41) is 0. The van der Waals surface area contributed by atoms with Crippen molar-refractivity contribution in [2.24, 2.45) is 0 Å². The van der Waals surface area contributed by atoms with E-state index < -0.39 is 27.2 Å². The number of nitrogens with zero attached hydrogens (tertiary/aromatic N) is 1. The van der Waals surface area contributed by atoms with Crippen LogP contribution in [0.3, 0.4) is 0 Å². The molecule has 122 valence electrons. The van der Waals surface area contributed by atoms with Crippen LogP contribution in [0.1, 0.15) is 38.2 Å². The smallest absolute Gasteiger partial charge is 0.238 e. The van der Waals surface area contributed by atoms with Gasteiger partial charge in [-0.2, -0.15) is 0 Å². The molecule has 1 unspecified atom stereocenters. The number of hydrogen-bond donors (Lipinski definition) is 0. The number of benzene rings is 1. The van der Waals surface area contributed by atoms with Crippen LogP contribution in [-0.2, 0) is 20.4 Å². The fraction of sp³-hybridized carbons (Fsp3) is 0.562. The molecule has 0 radical (unpaired) electrons. The summed E-state index contributed by atoms with van der Waals surface area (Å²) in [4.78, 5) is 14.0. The first kappa shape index (κ1) is 16.9. The van der Waals surface area contributed by atoms with Crippen LogP contribution in [-0.4, -0.2) is 37.6 Å². The molecular weight excluding hydrogens is 305 g/mol. The topological polar surface area (TPSA) is 54.5 Å². The molecule has 0 spiro atoms. The third kappa shape index (κ3) is 4.29. The van der Waals surface area contributed by atoms with E-state index in [9.17, 15) is 17.6 Å². The van der Waals surface area contributed by atoms with Crippen molar-refractivity contribution in [3.05, 3.63) is 35.6 Å². The van der Waals surface area contributed by atoms with Crippen LogP contribution in [0, 0.1) is 5.82 Å². The fourth-order valence-corrected chi connectivity index (χ4v) is 4.28. The minimum absolute atomic E-state index is 0.112. The minimum atomic E-state index is -3.67. The fourth-order valence-electron chi connectivity index (χ4n) is 2.93. The Bertz CT molecular complexity index is 630. The van der Waals surface area contributed by atoms with E-state index in [0.29, 0.717) is 6.54 Å². The second kappa shape index (κ2) is 7.22. The van der Waals surface area contributed by atoms with Gasteiger partial charge in [0.05, 0.1) is 5.75 Å². The Morgan fingerprint density at radius 3 is 2.73 bits per heavy atom. The van der Waals surface area contributed by atoms with Crippen LogP contribution in [0.2, 0.25) is 0 Å². The van der Waals surface area contributed by atoms with E-state index in [0.717, 1.165) is 25.7 Å². The lowest BCUT2D eigenvalue weighted by Crippen LogP contribution is -2.45. The zero-order valence-electron chi connectivity index (χ0n) is 12.8. The van der Waals surface area contributed by atoms with Crippen LogP contribution < -0.4 is 0 Å². The SMILES string of the molecule is CCC1CCCCN1C(=O)CS(=O)(=O)Cc1ccccc1F. The molecule has 0 aromatic heterocycles. The van der Waals surface area contributed by atoms with Crippen molar-refractivity contribution in [2.75, 3.05) is 12.3 Å². The summed E-state index contributed by atoms with van der Waals surface area (Å²) in [6.07, 6.45) is 3.74. The molecule has 1 saturated heterocycles. The largest absolute Gasteiger partial charge is 0.339 e. The van der Waals surface area contributed by atoms with Gasteiger partial charge in [0.25, 0.3) is 0 Å². The molecule has 1 fully saturated rings. The molecule has 1 aromatic carbocycles. The Kier molecular flexibility index (Phi) is 5.56. The van der Waals surface area contributed by atoms with Gasteiger partial charge in [0, 0.05) is 18.2 Å². The first-order chi connectivity index (χ1) is 10.4. The molecule has 1 aromatic rings. The van der Waals surface area contributed by atoms with E-state index in [1.165, 1.54) is 18.2 Å². The van der Waals surface area contributed by atoms with Crippen molar-refractivity contribution in [3.63, 3.8) is 0 Å². The molecular formula is C16H22FNO3S. The van der Waals surface area contributed by atoms with Gasteiger partial charge in [0.15, 0.2) is 9.84 Å². The highest BCUT2D eigenvalue weighted by molar-refractivity contribution is 7.91. The average Bonchev–Trinajstić information content (AvgIpc) is 2.49. The van der Waals surface area contributed by atoms with Gasteiger partial charge in [-0.15, -0.1) is 0 Å². The zero-order valence-corrected chi connectivity index (χ0v) is 13.6. The van der Waals surface area contributed by atoms with Crippen LogP contribution in [0.5, 0.6) is 0 Å². The number of rotatable bonds is 5. The molecule has 1 amide bonds. The van der Waals surface area contributed by atoms with Crippen molar-refractivity contribution in [2.45, 2.75) is 44.4 Å². The van der Waals surface area contributed by atoms with E-state index in [2.05, 4.69) is 0 Å². The van der Waals surface area contributed by atoms with Gasteiger partial charge >= 0.3 is 0 Å². The first-order valence-electron chi connectivity index (χ1n) is 7.66. The predicted octanol–water partition coefficient (Wildman–Crippen LogP) is 2.53. The molecule has 22 heavy (non-hydrogen) atoms. The summed E-state index contributed by atoms with van der Waals surface area (Å²) < 4.78 is 37.9. The molecule has 1 atom stereocenters. The molecule has 0 N–H and O–H groups in total. The molecule has 6 heteroatoms. The maximum atomic E-state index is 13.6. The molecule has 1 aliphatic heterocycles. The van der Waals surface area contributed by atoms with Crippen molar-refractivity contribution in [3.8, 4) is 0 Å². The number of halogens is 1. The van der Waals surface area contributed by atoms with Gasteiger partial charge in [-0.05, 0) is 31.7 Å². The van der Waals surface area contributed by atoms with Crippen molar-refractivity contribution in [1.82, 2.24) is 4.90 Å². The second-order valence-electron chi connectivity index (χ2n) is 5.77. The minimum Gasteiger partial charge on any atom is -0.339 e. The number of sulfone groups is 1. The predicted molar refractivity (Wildman–Crippen MR) is 83.5 cm³/mol. The van der Waals surface area contributed by atoms with E-state index >= 15 is 0 Å². The lowest BCUT2D eigenvalue weighted by Gasteiger charge is -2.35. The standard InChI is InChI=1S/C16H22FNO3S/c1-2-14-8-5-6-10-18(14)16(19)12-22(20,21)11-13-7-3-4-9-15(13)17/h3-4,7,9,14H,2,5-6,8,10-12H2,1H3. The number of carbonyl (C=O) groups excluding carboxylic acids is 1. The Morgan fingerprint density at radius 1 is 1.32 bits per heavy atom. The highest BCUT2D eigenvalue weighted by atomic mass is 32.2. The van der Waals surface area contributed by atoms with Crippen molar-refractivity contribution < 1.29 is 17.6 Å². The van der Waals surface area contributed by atoms with Gasteiger partial charge in [0.2, 0.25) is 5.91 Å². The van der Waals surface area contributed by atoms with Crippen molar-refractivity contribution in [1.29, 1.82) is 0 Å². The van der Waals surface area contributed by atoms with Crippen LogP contribution in [0.25, 0.3) is 0 Å². The third-order valence-electron chi connectivity index (χ3n) is 4.10. The molecule has 0 bridgehead atoms. The summed E-state index contributed by atoms with van der Waals surface area (Å²) >= 11 is 0. The molecule has 0 aliphatic carbocycles. The maximum absolute atomic E-state index is 13.6. The van der Waals surface area contributed by atoms with Crippen LogP contribution >= 0.6 is 0 Å². The molecule has 1 aliphatic rings. The number of hydrogen-bond acceptors (Lipinski definition) is 3. The van der Waals surface area contributed by atoms with Crippen LogP contribution in [0.15, 0.2) is 24.3 Å².